The fraction of sp³-hybridized carbons (Fsp3) is 0.955. The molecule has 0 aromatic rings. The number of hydrogen-bond acceptors (Lipinski definition) is 7. The summed E-state index contributed by atoms with van der Waals surface area (Å²) in [7, 11) is -4.82. The number of phosphoric acid groups is 1. The van der Waals surface area contributed by atoms with Gasteiger partial charge < -0.3 is 35.4 Å². The maximum atomic E-state index is 12.9. The summed E-state index contributed by atoms with van der Waals surface area (Å²) in [5, 5.41) is 27.3. The third-order valence-electron chi connectivity index (χ3n) is 6.87. The summed E-state index contributed by atoms with van der Waals surface area (Å²) in [4.78, 5) is 30.8. The van der Waals surface area contributed by atoms with Crippen LogP contribution in [0.1, 0.15) is 66.2 Å². The normalized spacial score (nSPS) is 32.6. The van der Waals surface area contributed by atoms with Crippen molar-refractivity contribution in [2.45, 2.75) is 103 Å². The van der Waals surface area contributed by atoms with Crippen LogP contribution in [0.3, 0.4) is 0 Å². The first-order valence-corrected chi connectivity index (χ1v) is 13.7. The first-order chi connectivity index (χ1) is 15.4. The Labute approximate surface area is 197 Å². The lowest BCUT2D eigenvalue weighted by atomic mass is 9.85. The molecular formula is C22H43N2O8P. The molecule has 0 aliphatic carbocycles. The zero-order valence-corrected chi connectivity index (χ0v) is 21.1. The zero-order valence-electron chi connectivity index (χ0n) is 20.2. The molecule has 6 N–H and O–H groups in total. The van der Waals surface area contributed by atoms with Crippen LogP contribution in [-0.4, -0.2) is 75.6 Å². The number of amides is 1. The first kappa shape index (κ1) is 28.7. The number of aliphatic hydroxyl groups excluding tert-OH is 2. The standard InChI is InChI=1S/C22H43N2O8P/c1-5-6-7-8-15-10-17(23-11-15)22(27)24-16(13(2)3)9-14(4)21-20(26)19(25)18(12-31-21)32-33(28,29)30/h13-21,23,25-26H,5-12H2,1-4H3,(H,24,27)(H2,28,29,30). The summed E-state index contributed by atoms with van der Waals surface area (Å²) in [6.07, 6.45) is 1.18. The van der Waals surface area contributed by atoms with Crippen LogP contribution in [-0.2, 0) is 18.6 Å². The molecule has 0 spiro atoms. The molecule has 2 aliphatic rings. The van der Waals surface area contributed by atoms with Crippen LogP contribution in [0.5, 0.6) is 0 Å². The molecule has 0 saturated carbocycles. The Bertz CT molecular complexity index is 660. The minimum atomic E-state index is -4.82. The molecule has 11 heteroatoms. The molecule has 33 heavy (non-hydrogen) atoms. The highest BCUT2D eigenvalue weighted by molar-refractivity contribution is 7.46. The fourth-order valence-corrected chi connectivity index (χ4v) is 5.35. The molecule has 2 aliphatic heterocycles. The molecule has 2 heterocycles. The van der Waals surface area contributed by atoms with E-state index in [9.17, 15) is 19.6 Å². The maximum Gasteiger partial charge on any atom is 0.470 e. The van der Waals surface area contributed by atoms with E-state index in [0.29, 0.717) is 12.3 Å². The van der Waals surface area contributed by atoms with E-state index in [2.05, 4.69) is 22.1 Å². The van der Waals surface area contributed by atoms with Crippen LogP contribution in [0.2, 0.25) is 0 Å². The van der Waals surface area contributed by atoms with Gasteiger partial charge in [0.25, 0.3) is 0 Å². The second-order valence-electron chi connectivity index (χ2n) is 10.0. The number of ether oxygens (including phenoxy) is 1. The lowest BCUT2D eigenvalue weighted by molar-refractivity contribution is -0.196. The van der Waals surface area contributed by atoms with Gasteiger partial charge in [-0.05, 0) is 43.6 Å². The molecular weight excluding hydrogens is 451 g/mol. The number of carbonyl (C=O) groups excluding carboxylic acids is 1. The van der Waals surface area contributed by atoms with E-state index < -0.39 is 32.2 Å². The summed E-state index contributed by atoms with van der Waals surface area (Å²) in [6, 6.07) is -0.345. The highest BCUT2D eigenvalue weighted by Gasteiger charge is 2.44. The zero-order chi connectivity index (χ0) is 24.8. The second-order valence-corrected chi connectivity index (χ2v) is 11.2. The summed E-state index contributed by atoms with van der Waals surface area (Å²) in [5.74, 6) is 0.435. The summed E-state index contributed by atoms with van der Waals surface area (Å²) < 4.78 is 21.2. The van der Waals surface area contributed by atoms with Gasteiger partial charge in [-0.1, -0.05) is 47.0 Å². The Kier molecular flexibility index (Phi) is 11.2. The van der Waals surface area contributed by atoms with Gasteiger partial charge in [0.1, 0.15) is 18.3 Å². The van der Waals surface area contributed by atoms with Gasteiger partial charge in [0, 0.05) is 6.04 Å². The Hall–Kier alpha value is -0.580. The molecule has 2 saturated heterocycles. The third kappa shape index (κ3) is 8.85. The highest BCUT2D eigenvalue weighted by atomic mass is 31.2. The number of phosphoric ester groups is 1. The van der Waals surface area contributed by atoms with Crippen LogP contribution in [0, 0.1) is 17.8 Å². The Morgan fingerprint density at radius 3 is 2.52 bits per heavy atom. The summed E-state index contributed by atoms with van der Waals surface area (Å²) >= 11 is 0. The van der Waals surface area contributed by atoms with E-state index in [1.54, 1.807) is 0 Å². The van der Waals surface area contributed by atoms with Crippen LogP contribution in [0.25, 0.3) is 0 Å². The van der Waals surface area contributed by atoms with Crippen LogP contribution in [0.4, 0.5) is 0 Å². The number of nitrogens with one attached hydrogen (secondary N) is 2. The van der Waals surface area contributed by atoms with Crippen molar-refractivity contribution in [3.8, 4) is 0 Å². The molecule has 8 unspecified atom stereocenters. The van der Waals surface area contributed by atoms with E-state index in [1.807, 2.05) is 20.8 Å². The number of carbonyl (C=O) groups is 1. The van der Waals surface area contributed by atoms with Crippen molar-refractivity contribution in [1.82, 2.24) is 10.6 Å². The average Bonchev–Trinajstić information content (AvgIpc) is 3.19. The van der Waals surface area contributed by atoms with Gasteiger partial charge in [-0.25, -0.2) is 4.57 Å². The van der Waals surface area contributed by atoms with Crippen LogP contribution in [0.15, 0.2) is 0 Å². The number of unbranched alkanes of at least 4 members (excludes halogenated alkanes) is 2. The van der Waals surface area contributed by atoms with Crippen molar-refractivity contribution in [1.29, 1.82) is 0 Å². The Balaban J connectivity index is 1.89. The lowest BCUT2D eigenvalue weighted by Gasteiger charge is -2.41. The van der Waals surface area contributed by atoms with Crippen molar-refractivity contribution >= 4 is 13.7 Å². The topological polar surface area (TPSA) is 158 Å². The van der Waals surface area contributed by atoms with E-state index in [-0.39, 0.29) is 36.4 Å². The molecule has 0 bridgehead atoms. The molecule has 0 aromatic heterocycles. The summed E-state index contributed by atoms with van der Waals surface area (Å²) in [5.41, 5.74) is 0. The van der Waals surface area contributed by atoms with E-state index in [4.69, 9.17) is 14.5 Å². The molecule has 2 fully saturated rings. The fourth-order valence-electron chi connectivity index (χ4n) is 4.81. The molecule has 2 rings (SSSR count). The monoisotopic (exact) mass is 494 g/mol. The summed E-state index contributed by atoms with van der Waals surface area (Å²) in [6.45, 7) is 8.70. The lowest BCUT2D eigenvalue weighted by Crippen LogP contribution is -2.56. The van der Waals surface area contributed by atoms with Crippen molar-refractivity contribution in [3.63, 3.8) is 0 Å². The number of rotatable bonds is 12. The van der Waals surface area contributed by atoms with Gasteiger partial charge in [-0.2, -0.15) is 0 Å². The highest BCUT2D eigenvalue weighted by Crippen LogP contribution is 2.40. The maximum absolute atomic E-state index is 12.9. The van der Waals surface area contributed by atoms with Gasteiger partial charge in [0.15, 0.2) is 0 Å². The van der Waals surface area contributed by atoms with E-state index in [1.165, 1.54) is 19.3 Å². The van der Waals surface area contributed by atoms with Crippen LogP contribution < -0.4 is 10.6 Å². The number of aliphatic hydroxyl groups is 2. The van der Waals surface area contributed by atoms with Crippen molar-refractivity contribution in [2.75, 3.05) is 13.2 Å². The molecule has 8 atom stereocenters. The Morgan fingerprint density at radius 2 is 1.91 bits per heavy atom. The minimum absolute atomic E-state index is 0.0147. The molecule has 194 valence electrons. The van der Waals surface area contributed by atoms with Gasteiger partial charge in [0.05, 0.1) is 18.8 Å². The van der Waals surface area contributed by atoms with Gasteiger partial charge in [0.2, 0.25) is 5.91 Å². The molecule has 1 amide bonds. The van der Waals surface area contributed by atoms with Crippen molar-refractivity contribution in [3.05, 3.63) is 0 Å². The Morgan fingerprint density at radius 1 is 1.21 bits per heavy atom. The van der Waals surface area contributed by atoms with Crippen molar-refractivity contribution in [2.24, 2.45) is 17.8 Å². The molecule has 10 nitrogen and oxygen atoms in total. The van der Waals surface area contributed by atoms with Crippen LogP contribution >= 0.6 is 7.82 Å². The predicted octanol–water partition coefficient (Wildman–Crippen LogP) is 1.31. The second kappa shape index (κ2) is 12.9. The van der Waals surface area contributed by atoms with Gasteiger partial charge >= 0.3 is 7.82 Å². The number of hydrogen-bond donors (Lipinski definition) is 6. The van der Waals surface area contributed by atoms with E-state index >= 15 is 0 Å². The smallest absolute Gasteiger partial charge is 0.388 e. The quantitative estimate of drug-likeness (QED) is 0.174. The first-order valence-electron chi connectivity index (χ1n) is 12.2. The SMILES string of the molecule is CCCCCC1CNC(C(=O)NC(CC(C)C2OCC(OP(=O)(O)O)C(O)C2O)C(C)C)C1. The van der Waals surface area contributed by atoms with Gasteiger partial charge in [-0.15, -0.1) is 0 Å². The van der Waals surface area contributed by atoms with Crippen molar-refractivity contribution < 1.29 is 38.6 Å². The largest absolute Gasteiger partial charge is 0.470 e. The van der Waals surface area contributed by atoms with E-state index in [0.717, 1.165) is 19.4 Å². The third-order valence-corrected chi connectivity index (χ3v) is 7.41. The predicted molar refractivity (Wildman–Crippen MR) is 123 cm³/mol. The minimum Gasteiger partial charge on any atom is -0.388 e. The van der Waals surface area contributed by atoms with Gasteiger partial charge in [-0.3, -0.25) is 9.32 Å². The molecule has 0 aromatic carbocycles. The molecule has 0 radical (unpaired) electrons. The average molecular weight is 495 g/mol.